The highest BCUT2D eigenvalue weighted by atomic mass is 32.2. The molecule has 1 aromatic carbocycles. The average Bonchev–Trinajstić information content (AvgIpc) is 3.50. The van der Waals surface area contributed by atoms with Gasteiger partial charge in [-0.1, -0.05) is 32.7 Å². The Labute approximate surface area is 199 Å². The van der Waals surface area contributed by atoms with Crippen LogP contribution in [0.15, 0.2) is 36.5 Å². The maximum Gasteiger partial charge on any atom is 0.417 e. The molecular formula is C24H27F6N3S. The third kappa shape index (κ3) is 6.91. The molecule has 0 bridgehead atoms. The maximum atomic E-state index is 13.5. The molecule has 0 amide bonds. The van der Waals surface area contributed by atoms with Crippen molar-refractivity contribution in [2.75, 3.05) is 6.93 Å². The Morgan fingerprint density at radius 2 is 1.76 bits per heavy atom. The summed E-state index contributed by atoms with van der Waals surface area (Å²) in [6.45, 7) is 5.88. The van der Waals surface area contributed by atoms with Gasteiger partial charge in [-0.2, -0.15) is 13.2 Å². The highest BCUT2D eigenvalue weighted by molar-refractivity contribution is 7.98. The fraction of sp³-hybridized carbons (Fsp3) is 0.458. The van der Waals surface area contributed by atoms with Crippen LogP contribution < -0.4 is 4.72 Å². The van der Waals surface area contributed by atoms with Crippen molar-refractivity contribution in [1.82, 2.24) is 14.3 Å². The number of nitrogens with one attached hydrogen (secondary N) is 1. The quantitative estimate of drug-likeness (QED) is 0.276. The number of hydrogen-bond donors (Lipinski definition) is 1. The fourth-order valence-corrected chi connectivity index (χ4v) is 4.40. The molecule has 34 heavy (non-hydrogen) atoms. The molecule has 10 heteroatoms. The molecule has 2 aromatic heterocycles. The molecule has 1 aliphatic carbocycles. The number of aromatic nitrogens is 2. The zero-order chi connectivity index (χ0) is 25.1. The zero-order valence-electron chi connectivity index (χ0n) is 19.1. The topological polar surface area (TPSA) is 29.9 Å². The van der Waals surface area contributed by atoms with Gasteiger partial charge in [0, 0.05) is 35.5 Å². The first kappa shape index (κ1) is 26.4. The monoisotopic (exact) mass is 503 g/mol. The molecule has 1 aliphatic rings. The highest BCUT2D eigenvalue weighted by Gasteiger charge is 2.34. The summed E-state index contributed by atoms with van der Waals surface area (Å²) in [4.78, 5) is 4.62. The summed E-state index contributed by atoms with van der Waals surface area (Å²) in [6, 6.07) is 6.12. The summed E-state index contributed by atoms with van der Waals surface area (Å²) in [7, 11) is 0. The van der Waals surface area contributed by atoms with Crippen LogP contribution in [0.25, 0.3) is 22.3 Å². The fourth-order valence-electron chi connectivity index (χ4n) is 3.56. The molecule has 0 unspecified atom stereocenters. The van der Waals surface area contributed by atoms with Gasteiger partial charge in [0.15, 0.2) is 0 Å². The lowest BCUT2D eigenvalue weighted by atomic mass is 9.97. The van der Waals surface area contributed by atoms with Crippen molar-refractivity contribution in [3.63, 3.8) is 0 Å². The van der Waals surface area contributed by atoms with Crippen LogP contribution in [-0.2, 0) is 19.3 Å². The van der Waals surface area contributed by atoms with Crippen molar-refractivity contribution in [2.45, 2.75) is 58.1 Å². The molecule has 1 saturated carbocycles. The zero-order valence-corrected chi connectivity index (χ0v) is 20.0. The number of alkyl halides is 5. The number of benzene rings is 1. The van der Waals surface area contributed by atoms with Gasteiger partial charge in [-0.15, -0.1) is 0 Å². The molecule has 0 aliphatic heterocycles. The third-order valence-corrected chi connectivity index (χ3v) is 6.17. The number of halogens is 6. The van der Waals surface area contributed by atoms with Gasteiger partial charge >= 0.3 is 6.18 Å². The van der Waals surface area contributed by atoms with Gasteiger partial charge in [0.1, 0.15) is 11.5 Å². The standard InChI is InChI=1S/C23H25F4N3S.CH2F2/c1-22(2,3)13-30-12-14(11-28-31-16-5-6-16)17-8-9-20(29-21(17)30)18-7-4-15(24)10-19(18)23(25,26)27;2-1-3/h4,7-10,12,16,28H,5-6,11,13H2,1-3H3;1H2. The van der Waals surface area contributed by atoms with E-state index in [2.05, 4.69) is 30.5 Å². The van der Waals surface area contributed by atoms with E-state index in [1.54, 1.807) is 18.0 Å². The molecule has 0 atom stereocenters. The molecule has 1 N–H and O–H groups in total. The van der Waals surface area contributed by atoms with E-state index >= 15 is 0 Å². The Bertz CT molecular complexity index is 1120. The minimum Gasteiger partial charge on any atom is -0.332 e. The highest BCUT2D eigenvalue weighted by Crippen LogP contribution is 2.38. The Hall–Kier alpha value is -2.20. The molecule has 4 rings (SSSR count). The van der Waals surface area contributed by atoms with E-state index < -0.39 is 24.5 Å². The van der Waals surface area contributed by atoms with Gasteiger partial charge in [0.25, 0.3) is 0 Å². The lowest BCUT2D eigenvalue weighted by Crippen LogP contribution is -2.15. The molecule has 3 nitrogen and oxygen atoms in total. The van der Waals surface area contributed by atoms with Gasteiger partial charge in [-0.3, -0.25) is 4.72 Å². The van der Waals surface area contributed by atoms with Crippen LogP contribution in [0.5, 0.6) is 0 Å². The van der Waals surface area contributed by atoms with E-state index in [0.717, 1.165) is 23.1 Å². The van der Waals surface area contributed by atoms with Crippen molar-refractivity contribution in [3.8, 4) is 11.3 Å². The molecule has 3 aromatic rings. The number of rotatable bonds is 6. The van der Waals surface area contributed by atoms with E-state index in [9.17, 15) is 26.3 Å². The summed E-state index contributed by atoms with van der Waals surface area (Å²) in [6.07, 6.45) is -0.180. The van der Waals surface area contributed by atoms with Crippen LogP contribution in [0.4, 0.5) is 26.3 Å². The lowest BCUT2D eigenvalue weighted by Gasteiger charge is -2.19. The molecule has 0 radical (unpaired) electrons. The van der Waals surface area contributed by atoms with Crippen molar-refractivity contribution in [3.05, 3.63) is 53.5 Å². The maximum absolute atomic E-state index is 13.5. The third-order valence-electron chi connectivity index (χ3n) is 5.05. The molecule has 0 saturated heterocycles. The normalized spacial score (nSPS) is 14.3. The predicted molar refractivity (Wildman–Crippen MR) is 124 cm³/mol. The van der Waals surface area contributed by atoms with Crippen LogP contribution >= 0.6 is 11.9 Å². The first-order chi connectivity index (χ1) is 15.9. The predicted octanol–water partition coefficient (Wildman–Crippen LogP) is 7.69. The van der Waals surface area contributed by atoms with E-state index in [1.165, 1.54) is 12.8 Å². The smallest absolute Gasteiger partial charge is 0.332 e. The number of fused-ring (bicyclic) bond motifs is 1. The number of pyridine rings is 1. The molecule has 0 spiro atoms. The van der Waals surface area contributed by atoms with Crippen molar-refractivity contribution in [2.24, 2.45) is 5.41 Å². The van der Waals surface area contributed by atoms with E-state index in [1.807, 2.05) is 16.8 Å². The van der Waals surface area contributed by atoms with Gasteiger partial charge in [0.05, 0.1) is 11.3 Å². The van der Waals surface area contributed by atoms with Crippen LogP contribution in [0.2, 0.25) is 0 Å². The summed E-state index contributed by atoms with van der Waals surface area (Å²) >= 11 is 1.73. The molecular weight excluding hydrogens is 476 g/mol. The largest absolute Gasteiger partial charge is 0.417 e. The Balaban J connectivity index is 0.00000103. The second-order valence-electron chi connectivity index (χ2n) is 9.34. The summed E-state index contributed by atoms with van der Waals surface area (Å²) in [5.41, 5.74) is 0.698. The van der Waals surface area contributed by atoms with Gasteiger partial charge in [0.2, 0.25) is 6.93 Å². The molecule has 1 fully saturated rings. The van der Waals surface area contributed by atoms with Crippen LogP contribution in [0.3, 0.4) is 0 Å². The van der Waals surface area contributed by atoms with Gasteiger partial charge in [-0.05, 0) is 54.2 Å². The minimum atomic E-state index is -4.67. The Morgan fingerprint density at radius 3 is 2.35 bits per heavy atom. The first-order valence-corrected chi connectivity index (χ1v) is 11.7. The van der Waals surface area contributed by atoms with E-state index in [0.29, 0.717) is 30.1 Å². The number of nitrogens with zero attached hydrogens (tertiary/aromatic N) is 2. The van der Waals surface area contributed by atoms with Crippen LogP contribution in [0.1, 0.15) is 44.7 Å². The van der Waals surface area contributed by atoms with Crippen molar-refractivity contribution in [1.29, 1.82) is 0 Å². The average molecular weight is 504 g/mol. The number of hydrogen-bond acceptors (Lipinski definition) is 3. The summed E-state index contributed by atoms with van der Waals surface area (Å²) in [5, 5.41) is 1.58. The minimum absolute atomic E-state index is 0.0376. The van der Waals surface area contributed by atoms with E-state index in [-0.39, 0.29) is 16.7 Å². The van der Waals surface area contributed by atoms with Gasteiger partial charge < -0.3 is 4.57 Å². The first-order valence-electron chi connectivity index (χ1n) is 10.8. The van der Waals surface area contributed by atoms with Crippen LogP contribution in [0, 0.1) is 11.2 Å². The molecule has 2 heterocycles. The Morgan fingerprint density at radius 1 is 1.09 bits per heavy atom. The summed E-state index contributed by atoms with van der Waals surface area (Å²) < 4.78 is 78.8. The summed E-state index contributed by atoms with van der Waals surface area (Å²) in [5.74, 6) is -0.921. The lowest BCUT2D eigenvalue weighted by molar-refractivity contribution is -0.137. The molecule has 186 valence electrons. The van der Waals surface area contributed by atoms with Crippen molar-refractivity contribution < 1.29 is 26.3 Å². The van der Waals surface area contributed by atoms with Crippen molar-refractivity contribution >= 4 is 23.0 Å². The SMILES string of the molecule is CC(C)(C)Cn1cc(CNSC2CC2)c2ccc(-c3ccc(F)cc3C(F)(F)F)nc21.FCF. The van der Waals surface area contributed by atoms with E-state index in [4.69, 9.17) is 0 Å². The van der Waals surface area contributed by atoms with Crippen LogP contribution in [-0.4, -0.2) is 21.7 Å². The Kier molecular flexibility index (Phi) is 8.23. The second-order valence-corrected chi connectivity index (χ2v) is 10.5. The van der Waals surface area contributed by atoms with Gasteiger partial charge in [-0.25, -0.2) is 18.2 Å². The second kappa shape index (κ2) is 10.6.